The number of methoxy groups -OCH3 is 1. The molecule has 0 radical (unpaired) electrons. The van der Waals surface area contributed by atoms with Crippen LogP contribution in [-0.4, -0.2) is 54.1 Å². The number of carbonyl (C=O) groups is 1. The maximum Gasteiger partial charge on any atom is 0.227 e. The first-order chi connectivity index (χ1) is 13.0. The number of benzene rings is 1. The van der Waals surface area contributed by atoms with Crippen LogP contribution in [0.15, 0.2) is 30.3 Å². The number of hydrogen-bond acceptors (Lipinski definition) is 5. The smallest absolute Gasteiger partial charge is 0.227 e. The van der Waals surface area contributed by atoms with E-state index < -0.39 is 0 Å². The number of rotatable bonds is 5. The highest BCUT2D eigenvalue weighted by Crippen LogP contribution is 2.19. The first-order valence-electron chi connectivity index (χ1n) is 9.47. The van der Waals surface area contributed by atoms with Crippen molar-refractivity contribution < 1.29 is 9.53 Å². The van der Waals surface area contributed by atoms with E-state index in [1.54, 1.807) is 7.11 Å². The standard InChI is InChI=1S/C21H28N4O2/c1-15(2)21-22-16(3)13-19(23-21)24-9-11-25(12-10-24)20(26)14-17-5-7-18(27-4)8-6-17/h5-8,13,15H,9-12,14H2,1-4H3. The Morgan fingerprint density at radius 3 is 2.37 bits per heavy atom. The largest absolute Gasteiger partial charge is 0.497 e. The van der Waals surface area contributed by atoms with Crippen molar-refractivity contribution in [3.05, 3.63) is 47.4 Å². The molecule has 6 heteroatoms. The lowest BCUT2D eigenvalue weighted by Gasteiger charge is -2.35. The fourth-order valence-electron chi connectivity index (χ4n) is 3.21. The number of carbonyl (C=O) groups excluding carboxylic acids is 1. The van der Waals surface area contributed by atoms with Gasteiger partial charge in [0.05, 0.1) is 13.5 Å². The Bertz CT molecular complexity index is 781. The molecule has 0 saturated carbocycles. The predicted octanol–water partition coefficient (Wildman–Crippen LogP) is 2.81. The zero-order valence-corrected chi connectivity index (χ0v) is 16.6. The molecular weight excluding hydrogens is 340 g/mol. The number of anilines is 1. The van der Waals surface area contributed by atoms with Gasteiger partial charge in [-0.05, 0) is 24.6 Å². The molecule has 2 aromatic rings. The van der Waals surface area contributed by atoms with Crippen LogP contribution in [0, 0.1) is 6.92 Å². The molecule has 0 spiro atoms. The van der Waals surface area contributed by atoms with E-state index in [-0.39, 0.29) is 5.91 Å². The second kappa shape index (κ2) is 8.37. The summed E-state index contributed by atoms with van der Waals surface area (Å²) in [6, 6.07) is 9.71. The van der Waals surface area contributed by atoms with Gasteiger partial charge in [0, 0.05) is 43.9 Å². The lowest BCUT2D eigenvalue weighted by Crippen LogP contribution is -2.49. The van der Waals surface area contributed by atoms with E-state index in [1.165, 1.54) is 0 Å². The zero-order chi connectivity index (χ0) is 19.4. The summed E-state index contributed by atoms with van der Waals surface area (Å²) in [5, 5.41) is 0. The van der Waals surface area contributed by atoms with Gasteiger partial charge in [0.25, 0.3) is 0 Å². The number of amides is 1. The minimum Gasteiger partial charge on any atom is -0.497 e. The van der Waals surface area contributed by atoms with Crippen LogP contribution in [0.4, 0.5) is 5.82 Å². The number of aryl methyl sites for hydroxylation is 1. The normalized spacial score (nSPS) is 14.6. The van der Waals surface area contributed by atoms with E-state index >= 15 is 0 Å². The van der Waals surface area contributed by atoms with Gasteiger partial charge >= 0.3 is 0 Å². The highest BCUT2D eigenvalue weighted by Gasteiger charge is 2.22. The van der Waals surface area contributed by atoms with Crippen LogP contribution < -0.4 is 9.64 Å². The van der Waals surface area contributed by atoms with Crippen LogP contribution in [0.1, 0.15) is 36.8 Å². The summed E-state index contributed by atoms with van der Waals surface area (Å²) in [6.07, 6.45) is 0.425. The summed E-state index contributed by atoms with van der Waals surface area (Å²) in [6.45, 7) is 9.24. The third-order valence-corrected chi connectivity index (χ3v) is 4.85. The molecular formula is C21H28N4O2. The van der Waals surface area contributed by atoms with Gasteiger partial charge in [-0.25, -0.2) is 9.97 Å². The van der Waals surface area contributed by atoms with Crippen LogP contribution in [0.3, 0.4) is 0 Å². The summed E-state index contributed by atoms with van der Waals surface area (Å²) in [5.74, 6) is 3.12. The van der Waals surface area contributed by atoms with Gasteiger partial charge in [-0.3, -0.25) is 4.79 Å². The van der Waals surface area contributed by atoms with Gasteiger partial charge in [-0.15, -0.1) is 0 Å². The first-order valence-corrected chi connectivity index (χ1v) is 9.47. The number of hydrogen-bond donors (Lipinski definition) is 0. The van der Waals surface area contributed by atoms with E-state index in [1.807, 2.05) is 42.2 Å². The highest BCUT2D eigenvalue weighted by molar-refractivity contribution is 5.79. The molecule has 2 heterocycles. The molecule has 3 rings (SSSR count). The third kappa shape index (κ3) is 4.76. The Kier molecular flexibility index (Phi) is 5.94. The molecule has 1 aliphatic heterocycles. The maximum atomic E-state index is 12.6. The average Bonchev–Trinajstić information content (AvgIpc) is 2.68. The van der Waals surface area contributed by atoms with Gasteiger partial charge in [-0.2, -0.15) is 0 Å². The molecule has 0 N–H and O–H groups in total. The summed E-state index contributed by atoms with van der Waals surface area (Å²) in [4.78, 5) is 26.0. The predicted molar refractivity (Wildman–Crippen MR) is 106 cm³/mol. The van der Waals surface area contributed by atoms with Crippen LogP contribution in [0.25, 0.3) is 0 Å². The molecule has 1 aliphatic rings. The van der Waals surface area contributed by atoms with Crippen LogP contribution >= 0.6 is 0 Å². The molecule has 1 saturated heterocycles. The van der Waals surface area contributed by atoms with Gasteiger partial charge in [0.1, 0.15) is 17.4 Å². The van der Waals surface area contributed by atoms with Gasteiger partial charge < -0.3 is 14.5 Å². The second-order valence-electron chi connectivity index (χ2n) is 7.27. The fraction of sp³-hybridized carbons (Fsp3) is 0.476. The molecule has 0 bridgehead atoms. The van der Waals surface area contributed by atoms with Gasteiger partial charge in [0.2, 0.25) is 5.91 Å². The number of ether oxygens (including phenoxy) is 1. The van der Waals surface area contributed by atoms with Crippen molar-refractivity contribution in [1.82, 2.24) is 14.9 Å². The van der Waals surface area contributed by atoms with E-state index in [4.69, 9.17) is 9.72 Å². The minimum atomic E-state index is 0.168. The summed E-state index contributed by atoms with van der Waals surface area (Å²) < 4.78 is 5.16. The Morgan fingerprint density at radius 1 is 1.11 bits per heavy atom. The van der Waals surface area contributed by atoms with Crippen molar-refractivity contribution in [3.8, 4) is 5.75 Å². The average molecular weight is 368 g/mol. The van der Waals surface area contributed by atoms with Crippen molar-refractivity contribution in [1.29, 1.82) is 0 Å². The van der Waals surface area contributed by atoms with E-state index in [2.05, 4.69) is 23.7 Å². The van der Waals surface area contributed by atoms with Crippen LogP contribution in [-0.2, 0) is 11.2 Å². The molecule has 144 valence electrons. The zero-order valence-electron chi connectivity index (χ0n) is 16.6. The van der Waals surface area contributed by atoms with Crippen molar-refractivity contribution in [2.45, 2.75) is 33.1 Å². The SMILES string of the molecule is COc1ccc(CC(=O)N2CCN(c3cc(C)nc(C(C)C)n3)CC2)cc1. The number of nitrogens with zero attached hydrogens (tertiary/aromatic N) is 4. The van der Waals surface area contributed by atoms with Gasteiger partial charge in [0.15, 0.2) is 0 Å². The quantitative estimate of drug-likeness (QED) is 0.812. The molecule has 1 fully saturated rings. The Hall–Kier alpha value is -2.63. The van der Waals surface area contributed by atoms with Crippen molar-refractivity contribution in [2.75, 3.05) is 38.2 Å². The molecule has 1 amide bonds. The lowest BCUT2D eigenvalue weighted by atomic mass is 10.1. The van der Waals surface area contributed by atoms with E-state index in [0.717, 1.165) is 54.8 Å². The second-order valence-corrected chi connectivity index (χ2v) is 7.27. The summed E-state index contributed by atoms with van der Waals surface area (Å²) >= 11 is 0. The fourth-order valence-corrected chi connectivity index (χ4v) is 3.21. The van der Waals surface area contributed by atoms with E-state index in [9.17, 15) is 4.79 Å². The summed E-state index contributed by atoms with van der Waals surface area (Å²) in [7, 11) is 1.64. The first kappa shape index (κ1) is 19.1. The Morgan fingerprint density at radius 2 is 1.78 bits per heavy atom. The lowest BCUT2D eigenvalue weighted by molar-refractivity contribution is -0.130. The number of piperazine rings is 1. The van der Waals surface area contributed by atoms with Crippen molar-refractivity contribution in [3.63, 3.8) is 0 Å². The van der Waals surface area contributed by atoms with Crippen molar-refractivity contribution in [2.24, 2.45) is 0 Å². The minimum absolute atomic E-state index is 0.168. The van der Waals surface area contributed by atoms with Crippen molar-refractivity contribution >= 4 is 11.7 Å². The van der Waals surface area contributed by atoms with Crippen LogP contribution in [0.5, 0.6) is 5.75 Å². The van der Waals surface area contributed by atoms with E-state index in [0.29, 0.717) is 12.3 Å². The highest BCUT2D eigenvalue weighted by atomic mass is 16.5. The Balaban J connectivity index is 1.59. The van der Waals surface area contributed by atoms with Crippen LogP contribution in [0.2, 0.25) is 0 Å². The third-order valence-electron chi connectivity index (χ3n) is 4.85. The maximum absolute atomic E-state index is 12.6. The molecule has 6 nitrogen and oxygen atoms in total. The topological polar surface area (TPSA) is 58.6 Å². The monoisotopic (exact) mass is 368 g/mol. The molecule has 1 aromatic carbocycles. The number of aromatic nitrogens is 2. The Labute approximate surface area is 161 Å². The molecule has 1 aromatic heterocycles. The van der Waals surface area contributed by atoms with Gasteiger partial charge in [-0.1, -0.05) is 26.0 Å². The summed E-state index contributed by atoms with van der Waals surface area (Å²) in [5.41, 5.74) is 2.00. The molecule has 0 atom stereocenters. The molecule has 27 heavy (non-hydrogen) atoms. The molecule has 0 unspecified atom stereocenters. The molecule has 0 aliphatic carbocycles.